The smallest absolute Gasteiger partial charge is 0.240 e. The Balaban J connectivity index is 0.00000450. The maximum absolute atomic E-state index is 12.2. The summed E-state index contributed by atoms with van der Waals surface area (Å²) in [5.74, 6) is 0.714. The van der Waals surface area contributed by atoms with Crippen molar-refractivity contribution in [1.82, 2.24) is 15.4 Å². The average molecular weight is 546 g/mol. The number of guanidine groups is 1. The Kier molecular flexibility index (Phi) is 11.9. The van der Waals surface area contributed by atoms with Gasteiger partial charge in [-0.15, -0.1) is 24.0 Å². The molecule has 3 N–H and O–H groups in total. The third-order valence-corrected chi connectivity index (χ3v) is 5.65. The predicted octanol–water partition coefficient (Wildman–Crippen LogP) is 2.79. The molecule has 0 aliphatic rings. The molecule has 0 aromatic heterocycles. The second kappa shape index (κ2) is 13.6. The van der Waals surface area contributed by atoms with E-state index in [2.05, 4.69) is 51.5 Å². The van der Waals surface area contributed by atoms with Gasteiger partial charge in [-0.25, -0.2) is 18.1 Å². The molecule has 0 aliphatic carbocycles. The molecule has 30 heavy (non-hydrogen) atoms. The molecule has 0 radical (unpaired) electrons. The van der Waals surface area contributed by atoms with Gasteiger partial charge >= 0.3 is 0 Å². The molecular formula is C21H31IN4O3S. The van der Waals surface area contributed by atoms with Crippen molar-refractivity contribution in [3.8, 4) is 0 Å². The highest BCUT2D eigenvalue weighted by molar-refractivity contribution is 14.0. The van der Waals surface area contributed by atoms with Crippen molar-refractivity contribution >= 4 is 40.0 Å². The summed E-state index contributed by atoms with van der Waals surface area (Å²) < 4.78 is 31.8. The summed E-state index contributed by atoms with van der Waals surface area (Å²) in [5.41, 5.74) is 3.33. The van der Waals surface area contributed by atoms with Crippen LogP contribution in [0.15, 0.2) is 58.4 Å². The van der Waals surface area contributed by atoms with Crippen LogP contribution in [0.25, 0.3) is 0 Å². The molecule has 0 spiro atoms. The summed E-state index contributed by atoms with van der Waals surface area (Å²) in [6.45, 7) is 6.52. The normalized spacial score (nSPS) is 11.6. The molecule has 0 saturated carbocycles. The van der Waals surface area contributed by atoms with E-state index in [1.165, 1.54) is 18.2 Å². The fourth-order valence-corrected chi connectivity index (χ4v) is 3.55. The number of halogens is 1. The average Bonchev–Trinajstić information content (AvgIpc) is 2.72. The van der Waals surface area contributed by atoms with Crippen molar-refractivity contribution in [2.75, 3.05) is 26.8 Å². The number of hydrogen-bond donors (Lipinski definition) is 3. The molecule has 0 unspecified atom stereocenters. The molecule has 9 heteroatoms. The molecule has 0 amide bonds. The number of hydrogen-bond acceptors (Lipinski definition) is 4. The van der Waals surface area contributed by atoms with Gasteiger partial charge in [-0.1, -0.05) is 42.0 Å². The number of sulfonamides is 1. The van der Waals surface area contributed by atoms with Crippen molar-refractivity contribution in [3.05, 3.63) is 65.2 Å². The molecule has 0 bridgehead atoms. The topological polar surface area (TPSA) is 91.8 Å². The minimum atomic E-state index is -3.52. The second-order valence-electron chi connectivity index (χ2n) is 6.57. The van der Waals surface area contributed by atoms with Crippen LogP contribution in [0.4, 0.5) is 0 Å². The first-order valence-corrected chi connectivity index (χ1v) is 11.1. The van der Waals surface area contributed by atoms with Gasteiger partial charge in [0.15, 0.2) is 5.96 Å². The zero-order valence-corrected chi connectivity index (χ0v) is 20.8. The van der Waals surface area contributed by atoms with Crippen LogP contribution < -0.4 is 15.4 Å². The summed E-state index contributed by atoms with van der Waals surface area (Å²) in [6.07, 6.45) is 0. The molecule has 7 nitrogen and oxygen atoms in total. The van der Waals surface area contributed by atoms with Gasteiger partial charge in [-0.05, 0) is 37.1 Å². The lowest BCUT2D eigenvalue weighted by atomic mass is 10.1. The molecule has 2 rings (SSSR count). The van der Waals surface area contributed by atoms with E-state index >= 15 is 0 Å². The van der Waals surface area contributed by atoms with Crippen LogP contribution in [0.2, 0.25) is 0 Å². The Morgan fingerprint density at radius 2 is 1.63 bits per heavy atom. The lowest BCUT2D eigenvalue weighted by Gasteiger charge is -2.12. The number of nitrogens with zero attached hydrogens (tertiary/aromatic N) is 1. The highest BCUT2D eigenvalue weighted by atomic mass is 127. The summed E-state index contributed by atoms with van der Waals surface area (Å²) in [4.78, 5) is 4.81. The van der Waals surface area contributed by atoms with Crippen molar-refractivity contribution in [1.29, 1.82) is 0 Å². The van der Waals surface area contributed by atoms with Crippen molar-refractivity contribution in [3.63, 3.8) is 0 Å². The summed E-state index contributed by atoms with van der Waals surface area (Å²) in [7, 11) is -1.99. The summed E-state index contributed by atoms with van der Waals surface area (Å²) >= 11 is 0. The van der Waals surface area contributed by atoms with Gasteiger partial charge in [0, 0.05) is 26.7 Å². The Morgan fingerprint density at radius 3 is 2.23 bits per heavy atom. The van der Waals surface area contributed by atoms with Gasteiger partial charge < -0.3 is 15.4 Å². The molecular weight excluding hydrogens is 515 g/mol. The van der Waals surface area contributed by atoms with Crippen LogP contribution >= 0.6 is 24.0 Å². The zero-order valence-electron chi connectivity index (χ0n) is 17.6. The summed E-state index contributed by atoms with van der Waals surface area (Å²) in [5, 5.41) is 6.53. The third kappa shape index (κ3) is 8.99. The highest BCUT2D eigenvalue weighted by Crippen LogP contribution is 2.11. The number of nitrogens with one attached hydrogen (secondary N) is 3. The van der Waals surface area contributed by atoms with Crippen LogP contribution in [0.5, 0.6) is 0 Å². The molecule has 0 fully saturated rings. The lowest BCUT2D eigenvalue weighted by molar-refractivity contribution is 0.204. The lowest BCUT2D eigenvalue weighted by Crippen LogP contribution is -2.36. The van der Waals surface area contributed by atoms with Gasteiger partial charge in [-0.2, -0.15) is 0 Å². The van der Waals surface area contributed by atoms with Crippen LogP contribution in [-0.2, 0) is 27.8 Å². The molecule has 0 aliphatic heterocycles. The molecule has 166 valence electrons. The first-order valence-electron chi connectivity index (χ1n) is 9.60. The fourth-order valence-electron chi connectivity index (χ4n) is 2.54. The minimum Gasteiger partial charge on any atom is -0.383 e. The number of aryl methyl sites for hydroxylation is 1. The zero-order chi connectivity index (χ0) is 21.1. The van der Waals surface area contributed by atoms with E-state index in [0.29, 0.717) is 25.7 Å². The fraction of sp³-hybridized carbons (Fsp3) is 0.381. The molecule has 0 atom stereocenters. The summed E-state index contributed by atoms with van der Waals surface area (Å²) in [6, 6.07) is 15.1. The quantitative estimate of drug-likeness (QED) is 0.185. The van der Waals surface area contributed by atoms with E-state index in [4.69, 9.17) is 4.74 Å². The second-order valence-corrected chi connectivity index (χ2v) is 8.34. The minimum absolute atomic E-state index is 0. The van der Waals surface area contributed by atoms with E-state index in [1.54, 1.807) is 24.3 Å². The Bertz CT molecular complexity index is 885. The maximum atomic E-state index is 12.2. The van der Waals surface area contributed by atoms with Gasteiger partial charge in [0.2, 0.25) is 10.0 Å². The molecule has 0 heterocycles. The van der Waals surface area contributed by atoms with Crippen LogP contribution in [-0.4, -0.2) is 41.2 Å². The van der Waals surface area contributed by atoms with Crippen molar-refractivity contribution in [2.24, 2.45) is 4.99 Å². The highest BCUT2D eigenvalue weighted by Gasteiger charge is 2.12. The van der Waals surface area contributed by atoms with E-state index in [1.807, 2.05) is 6.92 Å². The van der Waals surface area contributed by atoms with Crippen molar-refractivity contribution < 1.29 is 13.2 Å². The van der Waals surface area contributed by atoms with Crippen molar-refractivity contribution in [2.45, 2.75) is 31.8 Å². The Hall–Kier alpha value is -1.69. The maximum Gasteiger partial charge on any atom is 0.240 e. The van der Waals surface area contributed by atoms with Gasteiger partial charge in [0.25, 0.3) is 0 Å². The van der Waals surface area contributed by atoms with E-state index in [9.17, 15) is 8.42 Å². The molecule has 2 aromatic carbocycles. The largest absolute Gasteiger partial charge is 0.383 e. The number of rotatable bonds is 10. The van der Waals surface area contributed by atoms with E-state index in [-0.39, 0.29) is 35.4 Å². The number of benzene rings is 2. The molecule has 0 saturated heterocycles. The SMILES string of the molecule is CCNC(=NCc1ccc(S(=O)(=O)NCCOC)cc1)NCc1ccc(C)cc1.I. The monoisotopic (exact) mass is 546 g/mol. The predicted molar refractivity (Wildman–Crippen MR) is 132 cm³/mol. The molecule has 2 aromatic rings. The number of aliphatic imine (C=N–C) groups is 1. The number of methoxy groups -OCH3 is 1. The van der Waals surface area contributed by atoms with Gasteiger partial charge in [0.1, 0.15) is 0 Å². The van der Waals surface area contributed by atoms with E-state index in [0.717, 1.165) is 12.1 Å². The Morgan fingerprint density at radius 1 is 1.00 bits per heavy atom. The van der Waals surface area contributed by atoms with E-state index < -0.39 is 10.0 Å². The van der Waals surface area contributed by atoms with Crippen LogP contribution in [0, 0.1) is 6.92 Å². The first-order chi connectivity index (χ1) is 13.9. The third-order valence-electron chi connectivity index (χ3n) is 4.18. The standard InChI is InChI=1S/C21H30N4O3S.HI/c1-4-22-21(23-15-18-7-5-17(2)6-8-18)24-16-19-9-11-20(12-10-19)29(26,27)25-13-14-28-3;/h5-12,25H,4,13-16H2,1-3H3,(H2,22,23,24);1H. The van der Waals surface area contributed by atoms with Gasteiger partial charge in [-0.3, -0.25) is 0 Å². The Labute approximate surface area is 196 Å². The number of ether oxygens (including phenoxy) is 1. The first kappa shape index (κ1) is 26.3. The van der Waals surface area contributed by atoms with Gasteiger partial charge in [0.05, 0.1) is 18.0 Å². The van der Waals surface area contributed by atoms with Crippen LogP contribution in [0.3, 0.4) is 0 Å². The van der Waals surface area contributed by atoms with Crippen LogP contribution in [0.1, 0.15) is 23.6 Å².